The second kappa shape index (κ2) is 4.06. The van der Waals surface area contributed by atoms with Crippen LogP contribution in [0.1, 0.15) is 19.3 Å². The summed E-state index contributed by atoms with van der Waals surface area (Å²) >= 11 is 0. The maximum atomic E-state index is 3.39. The molecule has 0 saturated carbocycles. The van der Waals surface area contributed by atoms with Crippen LogP contribution in [0.2, 0.25) is 0 Å². The van der Waals surface area contributed by atoms with Crippen LogP contribution in [0.5, 0.6) is 0 Å². The van der Waals surface area contributed by atoms with Crippen molar-refractivity contribution in [1.82, 2.24) is 10.2 Å². The first kappa shape index (κ1) is 8.27. The Kier molecular flexibility index (Phi) is 2.79. The molecule has 0 radical (unpaired) electrons. The molecule has 1 aliphatic carbocycles. The van der Waals surface area contributed by atoms with Gasteiger partial charge in [-0.2, -0.15) is 0 Å². The molecular weight excluding hydrogens is 148 g/mol. The highest BCUT2D eigenvalue weighted by Crippen LogP contribution is 2.17. The minimum atomic E-state index is 0.845. The molecule has 0 spiro atoms. The summed E-state index contributed by atoms with van der Waals surface area (Å²) in [6.45, 7) is 4.86. The molecule has 0 amide bonds. The monoisotopic (exact) mass is 166 g/mol. The molecule has 1 unspecified atom stereocenters. The average molecular weight is 166 g/mol. The van der Waals surface area contributed by atoms with Gasteiger partial charge in [0.1, 0.15) is 0 Å². The molecule has 2 aliphatic rings. The van der Waals surface area contributed by atoms with E-state index in [1.807, 2.05) is 0 Å². The number of rotatable bonds is 1. The molecule has 1 atom stereocenters. The molecule has 0 aromatic heterocycles. The number of nitrogens with zero attached hydrogens (tertiary/aromatic N) is 1. The molecule has 12 heavy (non-hydrogen) atoms. The predicted molar refractivity (Wildman–Crippen MR) is 51.2 cm³/mol. The molecule has 2 rings (SSSR count). The molecule has 1 aliphatic heterocycles. The number of piperazine rings is 1. The summed E-state index contributed by atoms with van der Waals surface area (Å²) in [5.74, 6) is 0. The van der Waals surface area contributed by atoms with Crippen LogP contribution in [0.25, 0.3) is 0 Å². The zero-order valence-corrected chi connectivity index (χ0v) is 7.63. The van der Waals surface area contributed by atoms with Crippen LogP contribution >= 0.6 is 0 Å². The SMILES string of the molecule is C1=CCC(N2CCNCC2)CC1. The fraction of sp³-hybridized carbons (Fsp3) is 0.800. The number of hydrogen-bond acceptors (Lipinski definition) is 2. The third-order valence-electron chi connectivity index (χ3n) is 2.91. The molecule has 0 aromatic rings. The minimum Gasteiger partial charge on any atom is -0.314 e. The third kappa shape index (κ3) is 1.87. The molecule has 1 saturated heterocycles. The Bertz CT molecular complexity index is 159. The van der Waals surface area contributed by atoms with E-state index in [1.54, 1.807) is 0 Å². The van der Waals surface area contributed by atoms with Crippen molar-refractivity contribution >= 4 is 0 Å². The lowest BCUT2D eigenvalue weighted by molar-refractivity contribution is 0.163. The highest BCUT2D eigenvalue weighted by atomic mass is 15.2. The Morgan fingerprint density at radius 3 is 2.67 bits per heavy atom. The van der Waals surface area contributed by atoms with Crippen molar-refractivity contribution in [2.75, 3.05) is 26.2 Å². The smallest absolute Gasteiger partial charge is 0.0134 e. The minimum absolute atomic E-state index is 0.845. The van der Waals surface area contributed by atoms with E-state index in [9.17, 15) is 0 Å². The fourth-order valence-electron chi connectivity index (χ4n) is 2.16. The topological polar surface area (TPSA) is 15.3 Å². The molecule has 68 valence electrons. The van der Waals surface area contributed by atoms with E-state index in [1.165, 1.54) is 45.4 Å². The lowest BCUT2D eigenvalue weighted by Crippen LogP contribution is -2.48. The maximum absolute atomic E-state index is 3.39. The van der Waals surface area contributed by atoms with Gasteiger partial charge in [0.15, 0.2) is 0 Å². The van der Waals surface area contributed by atoms with E-state index in [4.69, 9.17) is 0 Å². The summed E-state index contributed by atoms with van der Waals surface area (Å²) in [7, 11) is 0. The Balaban J connectivity index is 1.85. The highest BCUT2D eigenvalue weighted by molar-refractivity contribution is 4.94. The Morgan fingerprint density at radius 2 is 2.00 bits per heavy atom. The van der Waals surface area contributed by atoms with Crippen molar-refractivity contribution in [3.63, 3.8) is 0 Å². The quantitative estimate of drug-likeness (QED) is 0.585. The number of hydrogen-bond donors (Lipinski definition) is 1. The van der Waals surface area contributed by atoms with Gasteiger partial charge >= 0.3 is 0 Å². The van der Waals surface area contributed by atoms with Gasteiger partial charge in [0, 0.05) is 32.2 Å². The molecular formula is C10H18N2. The molecule has 0 bridgehead atoms. The molecule has 2 heteroatoms. The van der Waals surface area contributed by atoms with Crippen LogP contribution in [0.4, 0.5) is 0 Å². The van der Waals surface area contributed by atoms with Gasteiger partial charge in [-0.1, -0.05) is 12.2 Å². The Hall–Kier alpha value is -0.340. The van der Waals surface area contributed by atoms with Crippen LogP contribution in [-0.2, 0) is 0 Å². The number of allylic oxidation sites excluding steroid dienone is 1. The summed E-state index contributed by atoms with van der Waals surface area (Å²) in [6.07, 6.45) is 8.60. The fourth-order valence-corrected chi connectivity index (χ4v) is 2.16. The van der Waals surface area contributed by atoms with Crippen LogP contribution in [0.3, 0.4) is 0 Å². The summed E-state index contributed by atoms with van der Waals surface area (Å²) < 4.78 is 0. The van der Waals surface area contributed by atoms with Crippen molar-refractivity contribution < 1.29 is 0 Å². The van der Waals surface area contributed by atoms with Gasteiger partial charge in [-0.15, -0.1) is 0 Å². The second-order valence-electron chi connectivity index (χ2n) is 3.72. The van der Waals surface area contributed by atoms with E-state index in [0.717, 1.165) is 6.04 Å². The lowest BCUT2D eigenvalue weighted by atomic mass is 10.00. The van der Waals surface area contributed by atoms with Crippen LogP contribution in [0.15, 0.2) is 12.2 Å². The largest absolute Gasteiger partial charge is 0.314 e. The lowest BCUT2D eigenvalue weighted by Gasteiger charge is -2.35. The first-order valence-corrected chi connectivity index (χ1v) is 5.06. The first-order chi connectivity index (χ1) is 5.97. The third-order valence-corrected chi connectivity index (χ3v) is 2.91. The van der Waals surface area contributed by atoms with E-state index in [2.05, 4.69) is 22.4 Å². The maximum Gasteiger partial charge on any atom is 0.0134 e. The molecule has 1 N–H and O–H groups in total. The van der Waals surface area contributed by atoms with Gasteiger partial charge in [-0.05, 0) is 19.3 Å². The summed E-state index contributed by atoms with van der Waals surface area (Å²) in [4.78, 5) is 2.64. The van der Waals surface area contributed by atoms with Crippen LogP contribution in [0, 0.1) is 0 Å². The molecule has 1 heterocycles. The van der Waals surface area contributed by atoms with Crippen molar-refractivity contribution in [3.8, 4) is 0 Å². The Labute approximate surface area is 74.6 Å². The van der Waals surface area contributed by atoms with E-state index >= 15 is 0 Å². The second-order valence-corrected chi connectivity index (χ2v) is 3.72. The van der Waals surface area contributed by atoms with Crippen molar-refractivity contribution in [2.24, 2.45) is 0 Å². The van der Waals surface area contributed by atoms with E-state index in [0.29, 0.717) is 0 Å². The normalized spacial score (nSPS) is 32.2. The molecule has 2 nitrogen and oxygen atoms in total. The standard InChI is InChI=1S/C10H18N2/c1-2-4-10(5-3-1)12-8-6-11-7-9-12/h1-2,10-11H,3-9H2. The zero-order chi connectivity index (χ0) is 8.23. The van der Waals surface area contributed by atoms with Crippen molar-refractivity contribution in [1.29, 1.82) is 0 Å². The van der Waals surface area contributed by atoms with Crippen LogP contribution in [-0.4, -0.2) is 37.1 Å². The van der Waals surface area contributed by atoms with Gasteiger partial charge in [-0.25, -0.2) is 0 Å². The van der Waals surface area contributed by atoms with Gasteiger partial charge in [0.2, 0.25) is 0 Å². The summed E-state index contributed by atoms with van der Waals surface area (Å²) in [6, 6.07) is 0.845. The molecule has 1 fully saturated rings. The highest BCUT2D eigenvalue weighted by Gasteiger charge is 2.19. The van der Waals surface area contributed by atoms with E-state index < -0.39 is 0 Å². The Morgan fingerprint density at radius 1 is 1.17 bits per heavy atom. The van der Waals surface area contributed by atoms with Gasteiger partial charge in [-0.3, -0.25) is 4.90 Å². The van der Waals surface area contributed by atoms with Gasteiger partial charge in [0.25, 0.3) is 0 Å². The summed E-state index contributed by atoms with van der Waals surface area (Å²) in [5, 5.41) is 3.39. The average Bonchev–Trinajstić information content (AvgIpc) is 2.21. The summed E-state index contributed by atoms with van der Waals surface area (Å²) in [5.41, 5.74) is 0. The van der Waals surface area contributed by atoms with Crippen LogP contribution < -0.4 is 5.32 Å². The first-order valence-electron chi connectivity index (χ1n) is 5.06. The van der Waals surface area contributed by atoms with Gasteiger partial charge < -0.3 is 5.32 Å². The molecule has 0 aromatic carbocycles. The van der Waals surface area contributed by atoms with Crippen molar-refractivity contribution in [3.05, 3.63) is 12.2 Å². The predicted octanol–water partition coefficient (Wildman–Crippen LogP) is 1.00. The van der Waals surface area contributed by atoms with Gasteiger partial charge in [0.05, 0.1) is 0 Å². The zero-order valence-electron chi connectivity index (χ0n) is 7.63. The van der Waals surface area contributed by atoms with E-state index in [-0.39, 0.29) is 0 Å². The van der Waals surface area contributed by atoms with Crippen molar-refractivity contribution in [2.45, 2.75) is 25.3 Å². The number of nitrogens with one attached hydrogen (secondary N) is 1.